The van der Waals surface area contributed by atoms with Crippen LogP contribution in [-0.2, 0) is 13.6 Å². The molecule has 1 aromatic heterocycles. The quantitative estimate of drug-likeness (QED) is 0.569. The summed E-state index contributed by atoms with van der Waals surface area (Å²) in [6.45, 7) is 3.60. The standard InChI is InChI=1S/C11H14N3O5P/c1-3-17-20(16,18-4-2)19-14-11-9(8-15)6-5-7-10(11)12-13-14/h5-8H,3-4H2,1-2H3. The van der Waals surface area contributed by atoms with Crippen LogP contribution in [0.4, 0.5) is 0 Å². The number of aldehydes is 1. The van der Waals surface area contributed by atoms with Crippen molar-refractivity contribution in [2.24, 2.45) is 0 Å². The largest absolute Gasteiger partial charge is 0.550 e. The van der Waals surface area contributed by atoms with E-state index in [1.54, 1.807) is 32.0 Å². The molecule has 2 rings (SSSR count). The van der Waals surface area contributed by atoms with E-state index in [0.717, 1.165) is 4.85 Å². The van der Waals surface area contributed by atoms with E-state index in [2.05, 4.69) is 10.3 Å². The predicted molar refractivity (Wildman–Crippen MR) is 70.4 cm³/mol. The maximum atomic E-state index is 12.3. The van der Waals surface area contributed by atoms with E-state index in [0.29, 0.717) is 22.9 Å². The Hall–Kier alpha value is -1.76. The summed E-state index contributed by atoms with van der Waals surface area (Å²) in [4.78, 5) is 11.9. The van der Waals surface area contributed by atoms with Crippen LogP contribution in [0, 0.1) is 0 Å². The highest BCUT2D eigenvalue weighted by Crippen LogP contribution is 2.45. The predicted octanol–water partition coefficient (Wildman–Crippen LogP) is 1.85. The number of nitrogens with zero attached hydrogens (tertiary/aromatic N) is 3. The molecule has 0 atom stereocenters. The van der Waals surface area contributed by atoms with E-state index < -0.39 is 7.82 Å². The summed E-state index contributed by atoms with van der Waals surface area (Å²) in [5.41, 5.74) is 1.06. The normalized spacial score (nSPS) is 11.7. The molecule has 0 aliphatic rings. The topological polar surface area (TPSA) is 92.5 Å². The van der Waals surface area contributed by atoms with Crippen LogP contribution in [0.25, 0.3) is 11.0 Å². The van der Waals surface area contributed by atoms with Gasteiger partial charge >= 0.3 is 7.82 Å². The van der Waals surface area contributed by atoms with Crippen molar-refractivity contribution in [3.8, 4) is 0 Å². The molecule has 9 heteroatoms. The first-order valence-corrected chi connectivity index (χ1v) is 7.48. The molecule has 0 spiro atoms. The van der Waals surface area contributed by atoms with Crippen molar-refractivity contribution in [3.63, 3.8) is 0 Å². The minimum Gasteiger partial charge on any atom is -0.298 e. The van der Waals surface area contributed by atoms with Crippen LogP contribution in [0.3, 0.4) is 0 Å². The lowest BCUT2D eigenvalue weighted by atomic mass is 10.2. The van der Waals surface area contributed by atoms with E-state index in [-0.39, 0.29) is 13.2 Å². The maximum Gasteiger partial charge on any atom is 0.550 e. The van der Waals surface area contributed by atoms with Crippen molar-refractivity contribution in [1.82, 2.24) is 15.2 Å². The summed E-state index contributed by atoms with van der Waals surface area (Å²) in [6, 6.07) is 4.89. The Kier molecular flexibility index (Phi) is 4.49. The van der Waals surface area contributed by atoms with Gasteiger partial charge in [0.15, 0.2) is 6.29 Å². The fraction of sp³-hybridized carbons (Fsp3) is 0.364. The van der Waals surface area contributed by atoms with Crippen molar-refractivity contribution in [3.05, 3.63) is 23.8 Å². The number of phosphoric ester groups is 1. The summed E-state index contributed by atoms with van der Waals surface area (Å²) in [7, 11) is -3.80. The Morgan fingerprint density at radius 3 is 2.60 bits per heavy atom. The van der Waals surface area contributed by atoms with Crippen molar-refractivity contribution in [2.45, 2.75) is 13.8 Å². The number of phosphoric acid groups is 1. The second-order valence-corrected chi connectivity index (χ2v) is 5.23. The van der Waals surface area contributed by atoms with Crippen LogP contribution >= 0.6 is 7.82 Å². The highest BCUT2D eigenvalue weighted by molar-refractivity contribution is 7.48. The van der Waals surface area contributed by atoms with Crippen LogP contribution < -0.4 is 4.62 Å². The number of carbonyl (C=O) groups excluding carboxylic acids is 1. The first-order chi connectivity index (χ1) is 9.63. The number of para-hydroxylation sites is 1. The number of carbonyl (C=O) groups is 1. The third-order valence-electron chi connectivity index (χ3n) is 2.35. The molecule has 0 unspecified atom stereocenters. The molecular weight excluding hydrogens is 285 g/mol. The minimum atomic E-state index is -3.80. The molecular formula is C11H14N3O5P. The zero-order valence-electron chi connectivity index (χ0n) is 11.1. The molecule has 0 N–H and O–H groups in total. The average molecular weight is 299 g/mol. The van der Waals surface area contributed by atoms with Gasteiger partial charge in [-0.2, -0.15) is 0 Å². The Balaban J connectivity index is 2.42. The molecule has 0 amide bonds. The van der Waals surface area contributed by atoms with E-state index in [4.69, 9.17) is 13.7 Å². The molecule has 0 saturated carbocycles. The first-order valence-electron chi connectivity index (χ1n) is 6.02. The number of hydrogen-bond acceptors (Lipinski definition) is 7. The Morgan fingerprint density at radius 2 is 2.00 bits per heavy atom. The maximum absolute atomic E-state index is 12.3. The second-order valence-electron chi connectivity index (χ2n) is 3.66. The molecule has 0 saturated heterocycles. The molecule has 1 aromatic carbocycles. The van der Waals surface area contributed by atoms with Gasteiger partial charge in [-0.25, -0.2) is 4.57 Å². The summed E-state index contributed by atoms with van der Waals surface area (Å²) < 4.78 is 27.5. The molecule has 0 fully saturated rings. The lowest BCUT2D eigenvalue weighted by molar-refractivity contribution is 0.1000. The Labute approximate surface area is 115 Å². The van der Waals surface area contributed by atoms with E-state index >= 15 is 0 Å². The van der Waals surface area contributed by atoms with Gasteiger partial charge in [0.1, 0.15) is 11.0 Å². The summed E-state index contributed by atoms with van der Waals surface area (Å²) in [5.74, 6) is 0. The van der Waals surface area contributed by atoms with Crippen molar-refractivity contribution < 1.29 is 23.0 Å². The molecule has 108 valence electrons. The van der Waals surface area contributed by atoms with Gasteiger partial charge in [0.25, 0.3) is 0 Å². The lowest BCUT2D eigenvalue weighted by Gasteiger charge is -2.15. The zero-order valence-corrected chi connectivity index (χ0v) is 11.9. The molecule has 0 radical (unpaired) electrons. The smallest absolute Gasteiger partial charge is 0.298 e. The fourth-order valence-electron chi connectivity index (χ4n) is 1.62. The molecule has 8 nitrogen and oxygen atoms in total. The number of benzene rings is 1. The molecule has 0 aliphatic carbocycles. The summed E-state index contributed by atoms with van der Waals surface area (Å²) in [5, 5.41) is 7.54. The summed E-state index contributed by atoms with van der Waals surface area (Å²) in [6.07, 6.45) is 0.637. The van der Waals surface area contributed by atoms with Crippen LogP contribution in [0.5, 0.6) is 0 Å². The van der Waals surface area contributed by atoms with E-state index in [1.165, 1.54) is 0 Å². The highest BCUT2D eigenvalue weighted by atomic mass is 31.2. The zero-order chi connectivity index (χ0) is 14.6. The molecule has 2 aromatic rings. The van der Waals surface area contributed by atoms with E-state index in [1.807, 2.05) is 0 Å². The number of fused-ring (bicyclic) bond motifs is 1. The SMILES string of the molecule is CCOP(=O)(OCC)On1nnc2cccc(C=O)c21. The van der Waals surface area contributed by atoms with Gasteiger partial charge in [0.05, 0.1) is 13.2 Å². The third-order valence-corrected chi connectivity index (χ3v) is 3.85. The Bertz CT molecular complexity index is 647. The van der Waals surface area contributed by atoms with Crippen LogP contribution in [-0.4, -0.2) is 34.7 Å². The highest BCUT2D eigenvalue weighted by Gasteiger charge is 2.30. The van der Waals surface area contributed by atoms with Crippen LogP contribution in [0.1, 0.15) is 24.2 Å². The Morgan fingerprint density at radius 1 is 1.30 bits per heavy atom. The molecule has 20 heavy (non-hydrogen) atoms. The van der Waals surface area contributed by atoms with Crippen LogP contribution in [0.15, 0.2) is 18.2 Å². The second kappa shape index (κ2) is 6.13. The van der Waals surface area contributed by atoms with Crippen molar-refractivity contribution in [2.75, 3.05) is 13.2 Å². The fourth-order valence-corrected chi connectivity index (χ4v) is 2.72. The van der Waals surface area contributed by atoms with Gasteiger partial charge in [-0.3, -0.25) is 18.5 Å². The number of hydrogen-bond donors (Lipinski definition) is 0. The molecule has 0 aliphatic heterocycles. The van der Waals surface area contributed by atoms with Gasteiger partial charge in [-0.15, -0.1) is 5.10 Å². The van der Waals surface area contributed by atoms with Gasteiger partial charge in [0.2, 0.25) is 0 Å². The van der Waals surface area contributed by atoms with E-state index in [9.17, 15) is 9.36 Å². The van der Waals surface area contributed by atoms with Gasteiger partial charge in [-0.05, 0) is 31.2 Å². The molecule has 1 heterocycles. The number of aromatic nitrogens is 3. The van der Waals surface area contributed by atoms with Gasteiger partial charge in [0, 0.05) is 5.56 Å². The average Bonchev–Trinajstić information content (AvgIpc) is 2.82. The number of rotatable bonds is 7. The third kappa shape index (κ3) is 2.87. The minimum absolute atomic E-state index is 0.143. The van der Waals surface area contributed by atoms with Gasteiger partial charge in [-0.1, -0.05) is 10.9 Å². The molecule has 0 bridgehead atoms. The van der Waals surface area contributed by atoms with Gasteiger partial charge < -0.3 is 0 Å². The monoisotopic (exact) mass is 299 g/mol. The van der Waals surface area contributed by atoms with Crippen LogP contribution in [0.2, 0.25) is 0 Å². The lowest BCUT2D eigenvalue weighted by Crippen LogP contribution is -2.15. The van der Waals surface area contributed by atoms with Crippen molar-refractivity contribution in [1.29, 1.82) is 0 Å². The first kappa shape index (κ1) is 14.6. The summed E-state index contributed by atoms with van der Waals surface area (Å²) >= 11 is 0. The van der Waals surface area contributed by atoms with Crippen molar-refractivity contribution >= 4 is 25.1 Å².